The highest BCUT2D eigenvalue weighted by molar-refractivity contribution is 6.01. The van der Waals surface area contributed by atoms with E-state index in [0.717, 1.165) is 40.5 Å². The third-order valence-electron chi connectivity index (χ3n) is 6.54. The molecule has 2 N–H and O–H groups in total. The van der Waals surface area contributed by atoms with Gasteiger partial charge in [0.05, 0.1) is 29.6 Å². The fourth-order valence-corrected chi connectivity index (χ4v) is 4.85. The van der Waals surface area contributed by atoms with E-state index in [1.807, 2.05) is 55.5 Å². The van der Waals surface area contributed by atoms with E-state index in [-0.39, 0.29) is 11.7 Å². The zero-order valence-electron chi connectivity index (χ0n) is 19.2. The van der Waals surface area contributed by atoms with Gasteiger partial charge in [-0.2, -0.15) is 13.2 Å². The Morgan fingerprint density at radius 3 is 2.20 bits per heavy atom. The van der Waals surface area contributed by atoms with E-state index >= 15 is 0 Å². The molecule has 0 bridgehead atoms. The average molecular weight is 479 g/mol. The Labute approximate surface area is 201 Å². The van der Waals surface area contributed by atoms with E-state index in [9.17, 15) is 18.0 Å². The molecule has 5 rings (SSSR count). The van der Waals surface area contributed by atoms with E-state index in [0.29, 0.717) is 30.6 Å². The van der Waals surface area contributed by atoms with E-state index in [1.54, 1.807) is 0 Å². The number of fused-ring (bicyclic) bond motifs is 1. The number of ketones is 1. The van der Waals surface area contributed by atoms with Gasteiger partial charge in [0.15, 0.2) is 5.78 Å². The highest BCUT2D eigenvalue weighted by atomic mass is 19.4. The lowest BCUT2D eigenvalue weighted by Crippen LogP contribution is -2.27. The van der Waals surface area contributed by atoms with Gasteiger partial charge in [-0.15, -0.1) is 0 Å². The summed E-state index contributed by atoms with van der Waals surface area (Å²) in [6.45, 7) is 2.51. The van der Waals surface area contributed by atoms with Crippen molar-refractivity contribution < 1.29 is 22.7 Å². The molecule has 0 fully saturated rings. The van der Waals surface area contributed by atoms with Crippen molar-refractivity contribution in [3.8, 4) is 5.75 Å². The summed E-state index contributed by atoms with van der Waals surface area (Å²) in [7, 11) is 0. The molecule has 7 heteroatoms. The van der Waals surface area contributed by atoms with Crippen LogP contribution >= 0.6 is 0 Å². The predicted octanol–water partition coefficient (Wildman–Crippen LogP) is 7.08. The van der Waals surface area contributed by atoms with Gasteiger partial charge in [-0.1, -0.05) is 36.4 Å². The first-order valence-corrected chi connectivity index (χ1v) is 11.6. The highest BCUT2D eigenvalue weighted by Crippen LogP contribution is 2.44. The molecular formula is C28H25F3N2O2. The van der Waals surface area contributed by atoms with Crippen LogP contribution in [0.25, 0.3) is 0 Å². The Bertz CT molecular complexity index is 1260. The maximum atomic E-state index is 13.6. The van der Waals surface area contributed by atoms with Crippen molar-refractivity contribution in [1.29, 1.82) is 0 Å². The molecule has 2 unspecified atom stereocenters. The van der Waals surface area contributed by atoms with Gasteiger partial charge < -0.3 is 15.4 Å². The zero-order valence-corrected chi connectivity index (χ0v) is 19.2. The first-order valence-electron chi connectivity index (χ1n) is 11.6. The Hall–Kier alpha value is -3.74. The molecule has 0 saturated heterocycles. The van der Waals surface area contributed by atoms with Gasteiger partial charge in [-0.3, -0.25) is 4.79 Å². The second-order valence-corrected chi connectivity index (χ2v) is 8.79. The third-order valence-corrected chi connectivity index (χ3v) is 6.54. The summed E-state index contributed by atoms with van der Waals surface area (Å²) in [4.78, 5) is 13.6. The van der Waals surface area contributed by atoms with Crippen molar-refractivity contribution >= 4 is 17.2 Å². The molecule has 35 heavy (non-hydrogen) atoms. The number of benzene rings is 3. The number of carbonyl (C=O) groups is 1. The molecule has 1 aliphatic carbocycles. The first kappa shape index (κ1) is 23.0. The number of alkyl halides is 3. The summed E-state index contributed by atoms with van der Waals surface area (Å²) in [6.07, 6.45) is -3.48. The molecule has 0 aromatic heterocycles. The Morgan fingerprint density at radius 2 is 1.54 bits per heavy atom. The number of Topliss-reactive ketones (excluding diaryl/α,β-unsaturated/α-hetero) is 1. The SMILES string of the molecule is CCOc1ccc(C2CC(=O)C3=C(C2)Nc2ccccc2NC3c2ccc(C(F)(F)F)cc2)cc1. The maximum Gasteiger partial charge on any atom is 0.416 e. The second-order valence-electron chi connectivity index (χ2n) is 8.79. The second kappa shape index (κ2) is 9.13. The van der Waals surface area contributed by atoms with Crippen LogP contribution in [0.1, 0.15) is 48.4 Å². The molecule has 3 aromatic rings. The minimum atomic E-state index is -4.42. The Kier molecular flexibility index (Phi) is 6.01. The molecule has 0 radical (unpaired) electrons. The van der Waals surface area contributed by atoms with Crippen LogP contribution in [0.15, 0.2) is 84.1 Å². The van der Waals surface area contributed by atoms with Gasteiger partial charge in [0.2, 0.25) is 0 Å². The van der Waals surface area contributed by atoms with Gasteiger partial charge in [-0.25, -0.2) is 0 Å². The largest absolute Gasteiger partial charge is 0.494 e. The van der Waals surface area contributed by atoms with Crippen LogP contribution in [0.3, 0.4) is 0 Å². The number of halogens is 3. The zero-order chi connectivity index (χ0) is 24.6. The van der Waals surface area contributed by atoms with Gasteiger partial charge >= 0.3 is 6.18 Å². The molecule has 0 spiro atoms. The van der Waals surface area contributed by atoms with Gasteiger partial charge in [0.25, 0.3) is 0 Å². The van der Waals surface area contributed by atoms with Crippen molar-refractivity contribution in [3.63, 3.8) is 0 Å². The van der Waals surface area contributed by atoms with Crippen LogP contribution in [-0.4, -0.2) is 12.4 Å². The normalized spacial score (nSPS) is 19.7. The molecule has 0 amide bonds. The Balaban J connectivity index is 1.53. The van der Waals surface area contributed by atoms with Crippen LogP contribution in [0.2, 0.25) is 0 Å². The third kappa shape index (κ3) is 4.63. The minimum absolute atomic E-state index is 0.0112. The number of ether oxygens (including phenoxy) is 1. The fourth-order valence-electron chi connectivity index (χ4n) is 4.85. The van der Waals surface area contributed by atoms with E-state index in [1.165, 1.54) is 12.1 Å². The van der Waals surface area contributed by atoms with Crippen LogP contribution < -0.4 is 15.4 Å². The van der Waals surface area contributed by atoms with Crippen LogP contribution in [0.4, 0.5) is 24.5 Å². The van der Waals surface area contributed by atoms with Crippen LogP contribution in [0, 0.1) is 0 Å². The predicted molar refractivity (Wildman–Crippen MR) is 129 cm³/mol. The number of hydrogen-bond acceptors (Lipinski definition) is 4. The smallest absolute Gasteiger partial charge is 0.416 e. The topological polar surface area (TPSA) is 50.4 Å². The van der Waals surface area contributed by atoms with Gasteiger partial charge in [-0.05, 0) is 66.8 Å². The minimum Gasteiger partial charge on any atom is -0.494 e. The summed E-state index contributed by atoms with van der Waals surface area (Å²) < 4.78 is 44.9. The molecule has 4 nitrogen and oxygen atoms in total. The Morgan fingerprint density at radius 1 is 0.886 bits per heavy atom. The number of hydrogen-bond donors (Lipinski definition) is 2. The monoisotopic (exact) mass is 478 g/mol. The molecule has 2 aliphatic rings. The lowest BCUT2D eigenvalue weighted by atomic mass is 9.78. The average Bonchev–Trinajstić information content (AvgIpc) is 3.01. The number of nitrogens with one attached hydrogen (secondary N) is 2. The fraction of sp³-hybridized carbons (Fsp3) is 0.250. The quantitative estimate of drug-likeness (QED) is 0.421. The molecule has 3 aromatic carbocycles. The van der Waals surface area contributed by atoms with Crippen molar-refractivity contribution in [1.82, 2.24) is 0 Å². The highest BCUT2D eigenvalue weighted by Gasteiger charge is 2.37. The molecular weight excluding hydrogens is 453 g/mol. The summed E-state index contributed by atoms with van der Waals surface area (Å²) in [6, 6.07) is 19.9. The number of para-hydroxylation sites is 2. The molecule has 180 valence electrons. The maximum absolute atomic E-state index is 13.6. The van der Waals surface area contributed by atoms with Crippen molar-refractivity contribution in [2.24, 2.45) is 0 Å². The summed E-state index contributed by atoms with van der Waals surface area (Å²) in [5.74, 6) is 0.747. The number of allylic oxidation sites excluding steroid dienone is 1. The number of carbonyl (C=O) groups excluding carboxylic acids is 1. The van der Waals surface area contributed by atoms with Crippen molar-refractivity contribution in [3.05, 3.63) is 101 Å². The molecule has 0 saturated carbocycles. The molecule has 1 aliphatic heterocycles. The lowest BCUT2D eigenvalue weighted by molar-refractivity contribution is -0.137. The van der Waals surface area contributed by atoms with Gasteiger partial charge in [0, 0.05) is 17.7 Å². The number of anilines is 2. The lowest BCUT2D eigenvalue weighted by Gasteiger charge is -2.30. The van der Waals surface area contributed by atoms with E-state index in [2.05, 4.69) is 10.6 Å². The standard InChI is InChI=1S/C28H25F3N2O2/c1-2-35-21-13-9-17(10-14-21)19-15-24-26(25(34)16-19)27(33-23-6-4-3-5-22(23)32-24)18-7-11-20(12-8-18)28(29,30)31/h3-14,19,27,32-33H,2,15-16H2,1H3. The van der Waals surface area contributed by atoms with E-state index < -0.39 is 17.8 Å². The van der Waals surface area contributed by atoms with Gasteiger partial charge in [0.1, 0.15) is 5.75 Å². The first-order chi connectivity index (χ1) is 16.8. The summed E-state index contributed by atoms with van der Waals surface area (Å²) in [5.41, 5.74) is 3.93. The van der Waals surface area contributed by atoms with Crippen molar-refractivity contribution in [2.45, 2.75) is 37.9 Å². The molecule has 2 atom stereocenters. The van der Waals surface area contributed by atoms with Crippen LogP contribution in [0.5, 0.6) is 5.75 Å². The molecule has 1 heterocycles. The summed E-state index contributed by atoms with van der Waals surface area (Å²) in [5, 5.41) is 6.85. The summed E-state index contributed by atoms with van der Waals surface area (Å²) >= 11 is 0. The van der Waals surface area contributed by atoms with Crippen molar-refractivity contribution in [2.75, 3.05) is 17.2 Å². The van der Waals surface area contributed by atoms with E-state index in [4.69, 9.17) is 4.74 Å². The number of rotatable bonds is 4. The van der Waals surface area contributed by atoms with Crippen LogP contribution in [-0.2, 0) is 11.0 Å².